The van der Waals surface area contributed by atoms with Gasteiger partial charge >= 0.3 is 5.97 Å². The van der Waals surface area contributed by atoms with E-state index in [4.69, 9.17) is 20.7 Å². The van der Waals surface area contributed by atoms with Gasteiger partial charge in [0.2, 0.25) is 11.8 Å². The van der Waals surface area contributed by atoms with Gasteiger partial charge in [-0.25, -0.2) is 8.78 Å². The van der Waals surface area contributed by atoms with Crippen molar-refractivity contribution in [3.63, 3.8) is 0 Å². The molecule has 0 aromatic heterocycles. The number of carbonyl (C=O) groups excluding carboxylic acids is 2. The zero-order valence-electron chi connectivity index (χ0n) is 16.2. The Balaban J connectivity index is 2.75. The Hall–Kier alpha value is -1.97. The summed E-state index contributed by atoms with van der Waals surface area (Å²) in [6, 6.07) is -4.41. The van der Waals surface area contributed by atoms with E-state index in [-0.39, 0.29) is 0 Å². The molecule has 9 N–H and O–H groups in total. The Morgan fingerprint density at radius 3 is 2.07 bits per heavy atom. The Labute approximate surface area is 170 Å². The molecule has 1 saturated heterocycles. The third kappa shape index (κ3) is 6.26. The second-order valence-corrected chi connectivity index (χ2v) is 7.12. The van der Waals surface area contributed by atoms with Gasteiger partial charge in [-0.05, 0) is 13.8 Å². The number of rotatable bonds is 9. The van der Waals surface area contributed by atoms with E-state index in [9.17, 15) is 38.5 Å². The predicted octanol–water partition coefficient (Wildman–Crippen LogP) is -3.72. The van der Waals surface area contributed by atoms with E-state index in [0.717, 1.165) is 0 Å². The van der Waals surface area contributed by atoms with Gasteiger partial charge in [-0.2, -0.15) is 0 Å². The number of nitrogens with two attached hydrogens (primary N) is 1. The summed E-state index contributed by atoms with van der Waals surface area (Å²) in [6.45, 7) is 1.46. The van der Waals surface area contributed by atoms with Crippen LogP contribution in [0.25, 0.3) is 0 Å². The maximum Gasteiger partial charge on any atom is 0.325 e. The average molecular weight is 443 g/mol. The largest absolute Gasteiger partial charge is 0.480 e. The molecule has 0 aromatic carbocycles. The van der Waals surface area contributed by atoms with Crippen molar-refractivity contribution in [3.8, 4) is 0 Å². The van der Waals surface area contributed by atoms with Gasteiger partial charge in [-0.1, -0.05) is 0 Å². The van der Waals surface area contributed by atoms with Crippen molar-refractivity contribution in [2.24, 2.45) is 5.73 Å². The number of hydrogen-bond acceptors (Lipinski definition) is 9. The Morgan fingerprint density at radius 2 is 1.57 bits per heavy atom. The number of alkyl halides is 2. The molecule has 14 heteroatoms. The van der Waals surface area contributed by atoms with Gasteiger partial charge in [0.1, 0.15) is 42.6 Å². The van der Waals surface area contributed by atoms with Gasteiger partial charge in [0.05, 0.1) is 12.6 Å². The molecular weight excluding hydrogens is 416 g/mol. The van der Waals surface area contributed by atoms with Gasteiger partial charge < -0.3 is 46.6 Å². The fraction of sp³-hybridized carbons (Fsp3) is 0.812. The molecule has 1 fully saturated rings. The maximum atomic E-state index is 14.6. The van der Waals surface area contributed by atoms with Crippen LogP contribution in [0.4, 0.5) is 8.78 Å². The number of aliphatic hydroxyl groups is 4. The number of hydrogen-bond donors (Lipinski definition) is 8. The van der Waals surface area contributed by atoms with E-state index < -0.39 is 85.4 Å². The van der Waals surface area contributed by atoms with Crippen LogP contribution in [0.1, 0.15) is 20.3 Å². The molecule has 0 radical (unpaired) electrons. The van der Waals surface area contributed by atoms with E-state index in [1.807, 2.05) is 0 Å². The van der Waals surface area contributed by atoms with Gasteiger partial charge in [0.25, 0.3) is 5.92 Å². The van der Waals surface area contributed by atoms with Crippen molar-refractivity contribution < 1.29 is 53.4 Å². The fourth-order valence-corrected chi connectivity index (χ4v) is 2.74. The first-order valence-electron chi connectivity index (χ1n) is 9.00. The number of halogens is 2. The monoisotopic (exact) mass is 443 g/mol. The van der Waals surface area contributed by atoms with Crippen molar-refractivity contribution in [3.05, 3.63) is 0 Å². The zero-order valence-corrected chi connectivity index (χ0v) is 16.2. The molecule has 1 aliphatic heterocycles. The number of aliphatic hydroxyl groups excluding tert-OH is 4. The number of amides is 2. The molecule has 1 unspecified atom stereocenters. The molecule has 0 saturated carbocycles. The van der Waals surface area contributed by atoms with Gasteiger partial charge in [0.15, 0.2) is 0 Å². The molecule has 12 nitrogen and oxygen atoms in total. The predicted molar refractivity (Wildman–Crippen MR) is 94.2 cm³/mol. The molecule has 0 spiro atoms. The number of ether oxygens (including phenoxy) is 1. The van der Waals surface area contributed by atoms with Crippen LogP contribution in [-0.2, 0) is 19.1 Å². The van der Waals surface area contributed by atoms with E-state index in [1.165, 1.54) is 13.8 Å². The molecule has 0 aliphatic carbocycles. The highest BCUT2D eigenvalue weighted by atomic mass is 19.3. The lowest BCUT2D eigenvalue weighted by Gasteiger charge is -2.43. The van der Waals surface area contributed by atoms with E-state index in [0.29, 0.717) is 0 Å². The third-order valence-corrected chi connectivity index (χ3v) is 4.62. The Morgan fingerprint density at radius 1 is 1.03 bits per heavy atom. The minimum atomic E-state index is -3.96. The van der Waals surface area contributed by atoms with Crippen LogP contribution in [-0.4, -0.2) is 104 Å². The van der Waals surface area contributed by atoms with Crippen LogP contribution in [0, 0.1) is 0 Å². The molecule has 1 heterocycles. The zero-order chi connectivity index (χ0) is 23.4. The summed E-state index contributed by atoms with van der Waals surface area (Å²) < 4.78 is 33.9. The van der Waals surface area contributed by atoms with Crippen LogP contribution < -0.4 is 16.4 Å². The van der Waals surface area contributed by atoms with Crippen molar-refractivity contribution in [1.82, 2.24) is 10.6 Å². The summed E-state index contributed by atoms with van der Waals surface area (Å²) in [4.78, 5) is 34.6. The number of carboxylic acid groups (broad SMARTS) is 1. The lowest BCUT2D eigenvalue weighted by Crippen LogP contribution is -2.64. The summed E-state index contributed by atoms with van der Waals surface area (Å²) in [5.41, 5.74) is 5.47. The summed E-state index contributed by atoms with van der Waals surface area (Å²) in [7, 11) is 0. The number of nitrogens with one attached hydrogen (secondary N) is 2. The smallest absolute Gasteiger partial charge is 0.325 e. The van der Waals surface area contributed by atoms with Crippen molar-refractivity contribution >= 4 is 17.8 Å². The van der Waals surface area contributed by atoms with Crippen molar-refractivity contribution in [2.75, 3.05) is 6.61 Å². The lowest BCUT2D eigenvalue weighted by molar-refractivity contribution is -0.281. The summed E-state index contributed by atoms with van der Waals surface area (Å²) in [6.07, 6.45) is -11.4. The van der Waals surface area contributed by atoms with Crippen LogP contribution in [0.5, 0.6) is 0 Å². The topological polar surface area (TPSA) is 212 Å². The Kier molecular flexibility index (Phi) is 9.01. The quantitative estimate of drug-likeness (QED) is 0.174. The van der Waals surface area contributed by atoms with E-state index >= 15 is 0 Å². The second kappa shape index (κ2) is 10.4. The number of aliphatic carboxylic acids is 1. The highest BCUT2D eigenvalue weighted by Crippen LogP contribution is 2.35. The molecular formula is C16H27F2N3O9. The van der Waals surface area contributed by atoms with Crippen LogP contribution >= 0.6 is 0 Å². The highest BCUT2D eigenvalue weighted by Gasteiger charge is 2.55. The summed E-state index contributed by atoms with van der Waals surface area (Å²) in [5.74, 6) is -7.33. The van der Waals surface area contributed by atoms with E-state index in [1.54, 1.807) is 0 Å². The highest BCUT2D eigenvalue weighted by molar-refractivity contribution is 5.91. The van der Waals surface area contributed by atoms with Crippen LogP contribution in [0.15, 0.2) is 0 Å². The minimum absolute atomic E-state index is 0.883. The van der Waals surface area contributed by atoms with Gasteiger partial charge in [0, 0.05) is 6.42 Å². The third-order valence-electron chi connectivity index (χ3n) is 4.62. The summed E-state index contributed by atoms with van der Waals surface area (Å²) >= 11 is 0. The molecule has 2 amide bonds. The molecule has 0 bridgehead atoms. The van der Waals surface area contributed by atoms with Gasteiger partial charge in [-0.3, -0.25) is 14.4 Å². The first kappa shape index (κ1) is 26.1. The maximum absolute atomic E-state index is 14.6. The molecule has 30 heavy (non-hydrogen) atoms. The first-order chi connectivity index (χ1) is 13.7. The van der Waals surface area contributed by atoms with Crippen molar-refractivity contribution in [1.29, 1.82) is 0 Å². The first-order valence-corrected chi connectivity index (χ1v) is 9.00. The minimum Gasteiger partial charge on any atom is -0.480 e. The molecule has 174 valence electrons. The number of carboxylic acids is 1. The SMILES string of the molecule is C[C@H](NC(=O)[C@H](C)NC(=O)[C@@H](N)CC(F)(F)[C@@H]1O[C@H](CO)C(O)[C@H](O)[C@H]1O)C(=O)O. The summed E-state index contributed by atoms with van der Waals surface area (Å²) in [5, 5.41) is 51.1. The normalized spacial score (nSPS) is 30.1. The second-order valence-electron chi connectivity index (χ2n) is 7.12. The van der Waals surface area contributed by atoms with Crippen LogP contribution in [0.3, 0.4) is 0 Å². The molecule has 1 aliphatic rings. The standard InChI is InChI=1S/C16H27F2N3O9/c1-5(13(26)21-6(2)15(28)29)20-14(27)7(19)3-16(17,18)12-11(25)10(24)9(23)8(4-22)30-12/h5-12,22-25H,3-4,19H2,1-2H3,(H,20,27)(H,21,26)(H,28,29)/t5-,6-,7-,8+,9?,10-,11+,12+/m0/s1. The fourth-order valence-electron chi connectivity index (χ4n) is 2.74. The molecule has 0 aromatic rings. The molecule has 1 rings (SSSR count). The molecule has 8 atom stereocenters. The van der Waals surface area contributed by atoms with Gasteiger partial charge in [-0.15, -0.1) is 0 Å². The van der Waals surface area contributed by atoms with Crippen LogP contribution in [0.2, 0.25) is 0 Å². The van der Waals surface area contributed by atoms with E-state index in [2.05, 4.69) is 10.6 Å². The number of carbonyl (C=O) groups is 3. The lowest BCUT2D eigenvalue weighted by atomic mass is 9.89. The van der Waals surface area contributed by atoms with Crippen molar-refractivity contribution in [2.45, 2.75) is 74.8 Å². The average Bonchev–Trinajstić information content (AvgIpc) is 2.65. The Bertz CT molecular complexity index is 637.